The molecule has 0 fully saturated rings. The van der Waals surface area contributed by atoms with Gasteiger partial charge in [0.25, 0.3) is 5.69 Å². The van der Waals surface area contributed by atoms with Crippen molar-refractivity contribution in [2.75, 3.05) is 0 Å². The van der Waals surface area contributed by atoms with Gasteiger partial charge in [0.2, 0.25) is 0 Å². The first kappa shape index (κ1) is 28.4. The Bertz CT molecular complexity index is 2270. The van der Waals surface area contributed by atoms with Crippen LogP contribution in [-0.2, 0) is 21.1 Å². The van der Waals surface area contributed by atoms with Gasteiger partial charge in [-0.2, -0.15) is 14.3 Å². The first-order chi connectivity index (χ1) is 21.3. The number of hydrogen-bond acceptors (Lipinski definition) is 6. The number of rotatable bonds is 5. The lowest BCUT2D eigenvalue weighted by molar-refractivity contribution is -0.384. The maximum Gasteiger partial charge on any atom is 0.313 e. The van der Waals surface area contributed by atoms with E-state index in [2.05, 4.69) is 36.4 Å². The van der Waals surface area contributed by atoms with Crippen LogP contribution in [0.1, 0.15) is 0 Å². The SMILES string of the molecule is Cn1/c(=N/P(=Nc2ccc([N+](=O)[O-])cc2)(/N=c2\sc3ccccc3n2C)/N=c2\sc3ccccc3n2C)sc2ccccc21. The Morgan fingerprint density at radius 2 is 0.955 bits per heavy atom. The van der Waals surface area contributed by atoms with Gasteiger partial charge in [-0.25, -0.2) is 4.74 Å². The molecule has 3 heterocycles. The summed E-state index contributed by atoms with van der Waals surface area (Å²) in [6.45, 7) is 0. The zero-order valence-electron chi connectivity index (χ0n) is 23.8. The van der Waals surface area contributed by atoms with Crippen molar-refractivity contribution in [2.45, 2.75) is 0 Å². The predicted molar refractivity (Wildman–Crippen MR) is 181 cm³/mol. The first-order valence-corrected chi connectivity index (χ1v) is 17.5. The second-order valence-corrected chi connectivity index (χ2v) is 14.8. The average Bonchev–Trinajstić information content (AvgIpc) is 3.63. The molecule has 0 saturated heterocycles. The number of nitro groups is 1. The summed E-state index contributed by atoms with van der Waals surface area (Å²) in [4.78, 5) is 13.2. The van der Waals surface area contributed by atoms with Crippen LogP contribution in [-0.4, -0.2) is 18.6 Å². The second-order valence-electron chi connectivity index (χ2n) is 9.94. The summed E-state index contributed by atoms with van der Waals surface area (Å²) in [6, 6.07) is 30.6. The Morgan fingerprint density at radius 3 is 1.30 bits per heavy atom. The lowest BCUT2D eigenvalue weighted by Gasteiger charge is -2.10. The van der Waals surface area contributed by atoms with Crippen LogP contribution < -0.4 is 14.4 Å². The van der Waals surface area contributed by atoms with Crippen molar-refractivity contribution in [1.82, 2.24) is 13.7 Å². The summed E-state index contributed by atoms with van der Waals surface area (Å²) < 4.78 is 30.6. The quantitative estimate of drug-likeness (QED) is 0.108. The molecule has 3 aromatic heterocycles. The third-order valence-corrected chi connectivity index (χ3v) is 12.7. The third kappa shape index (κ3) is 5.17. The highest BCUT2D eigenvalue weighted by atomic mass is 32.1. The number of aromatic nitrogens is 3. The van der Waals surface area contributed by atoms with E-state index in [-0.39, 0.29) is 5.69 Å². The van der Waals surface area contributed by atoms with Gasteiger partial charge in [0, 0.05) is 33.3 Å². The highest BCUT2D eigenvalue weighted by Gasteiger charge is 2.21. The molecular weight excluding hydrogens is 632 g/mol. The van der Waals surface area contributed by atoms with Gasteiger partial charge >= 0.3 is 7.51 Å². The zero-order valence-corrected chi connectivity index (χ0v) is 27.1. The predicted octanol–water partition coefficient (Wildman–Crippen LogP) is 7.63. The van der Waals surface area contributed by atoms with Crippen molar-refractivity contribution < 1.29 is 4.92 Å². The molecule has 0 radical (unpaired) electrons. The fourth-order valence-corrected chi connectivity index (χ4v) is 10.8. The number of aryl methyl sites for hydroxylation is 3. The van der Waals surface area contributed by atoms with Crippen molar-refractivity contribution in [3.05, 3.63) is 122 Å². The highest BCUT2D eigenvalue weighted by molar-refractivity contribution is 7.62. The van der Waals surface area contributed by atoms with Crippen molar-refractivity contribution >= 4 is 83.5 Å². The maximum absolute atomic E-state index is 11.4. The van der Waals surface area contributed by atoms with E-state index in [1.807, 2.05) is 71.2 Å². The monoisotopic (exact) mass is 656 g/mol. The van der Waals surface area contributed by atoms with Gasteiger partial charge in [-0.05, 0) is 48.5 Å². The summed E-state index contributed by atoms with van der Waals surface area (Å²) in [7, 11) is 2.58. The van der Waals surface area contributed by atoms with E-state index in [0.717, 1.165) is 45.1 Å². The van der Waals surface area contributed by atoms with Gasteiger partial charge in [-0.15, -0.1) is 0 Å². The van der Waals surface area contributed by atoms with Gasteiger partial charge in [-0.1, -0.05) is 70.4 Å². The number of fused-ring (bicyclic) bond motifs is 3. The number of benzene rings is 4. The summed E-state index contributed by atoms with van der Waals surface area (Å²) in [5.74, 6) is 0. The fourth-order valence-electron chi connectivity index (χ4n) is 4.81. The summed E-state index contributed by atoms with van der Waals surface area (Å²) in [6.07, 6.45) is 0. The average molecular weight is 657 g/mol. The van der Waals surface area contributed by atoms with Crippen LogP contribution in [0.5, 0.6) is 0 Å². The molecule has 0 aliphatic carbocycles. The Morgan fingerprint density at radius 1 is 0.591 bits per heavy atom. The number of hydrogen-bond donors (Lipinski definition) is 0. The molecule has 0 unspecified atom stereocenters. The molecule has 0 aliphatic heterocycles. The second kappa shape index (κ2) is 11.3. The number of nitro benzene ring substituents is 1. The topological polar surface area (TPSA) is 107 Å². The van der Waals surface area contributed by atoms with Crippen LogP contribution in [0.25, 0.3) is 30.6 Å². The molecule has 0 atom stereocenters. The van der Waals surface area contributed by atoms with E-state index in [0.29, 0.717) is 5.69 Å². The van der Waals surface area contributed by atoms with Gasteiger partial charge in [-0.3, -0.25) is 10.1 Å². The lowest BCUT2D eigenvalue weighted by atomic mass is 10.3. The molecule has 0 saturated carbocycles. The van der Waals surface area contributed by atoms with E-state index < -0.39 is 12.4 Å². The van der Waals surface area contributed by atoms with Crippen LogP contribution in [0.3, 0.4) is 0 Å². The molecule has 0 bridgehead atoms. The Labute approximate surface area is 262 Å². The van der Waals surface area contributed by atoms with Crippen molar-refractivity contribution in [3.63, 3.8) is 0 Å². The molecule has 7 rings (SSSR count). The molecular formula is C30H25N8O2PS3. The molecule has 7 aromatic rings. The van der Waals surface area contributed by atoms with Gasteiger partial charge < -0.3 is 13.7 Å². The Kier molecular flexibility index (Phi) is 7.25. The number of non-ortho nitro benzene ring substituents is 1. The van der Waals surface area contributed by atoms with Crippen LogP contribution >= 0.6 is 41.5 Å². The van der Waals surface area contributed by atoms with Crippen LogP contribution in [0.15, 0.2) is 116 Å². The largest absolute Gasteiger partial charge is 0.319 e. The molecule has 0 aliphatic rings. The van der Waals surface area contributed by atoms with Crippen LogP contribution in [0, 0.1) is 10.1 Å². The van der Waals surface area contributed by atoms with Crippen LogP contribution in [0.4, 0.5) is 11.4 Å². The summed E-state index contributed by atoms with van der Waals surface area (Å²) >= 11 is 4.67. The number of thiazole rings is 3. The van der Waals surface area contributed by atoms with Crippen molar-refractivity contribution in [2.24, 2.45) is 40.2 Å². The molecule has 44 heavy (non-hydrogen) atoms. The van der Waals surface area contributed by atoms with E-state index in [1.54, 1.807) is 46.1 Å². The standard InChI is InChI=1S/C30H25N8O2PS3/c1-35-22-10-4-7-13-25(22)42-28(35)32-41(31-20-16-18-21(19-17-20)38(39)40,33-29-36(2)23-11-5-8-14-26(23)43-29)34-30-37(3)24-12-6-9-15-27(24)44-30/h4-19H,1-3H3/b32-28-,33-29-,34-30-. The van der Waals surface area contributed by atoms with Gasteiger partial charge in [0.15, 0.2) is 14.4 Å². The minimum atomic E-state index is -3.37. The van der Waals surface area contributed by atoms with Gasteiger partial charge in [0.1, 0.15) is 0 Å². The Hall–Kier alpha value is -4.42. The number of para-hydroxylation sites is 3. The van der Waals surface area contributed by atoms with Crippen LogP contribution in [0.2, 0.25) is 0 Å². The number of nitrogens with zero attached hydrogens (tertiary/aromatic N) is 8. The fraction of sp³-hybridized carbons (Fsp3) is 0.100. The summed E-state index contributed by atoms with van der Waals surface area (Å²) in [5, 5.41) is 11.4. The molecule has 220 valence electrons. The van der Waals surface area contributed by atoms with Gasteiger partial charge in [0.05, 0.1) is 41.3 Å². The molecule has 14 heteroatoms. The molecule has 10 nitrogen and oxygen atoms in total. The molecule has 4 aromatic carbocycles. The lowest BCUT2D eigenvalue weighted by Crippen LogP contribution is -2.14. The molecule has 0 amide bonds. The normalized spacial score (nSPS) is 13.5. The van der Waals surface area contributed by atoms with E-state index in [1.165, 1.54) is 12.1 Å². The molecule has 0 N–H and O–H groups in total. The third-order valence-electron chi connectivity index (χ3n) is 7.11. The first-order valence-electron chi connectivity index (χ1n) is 13.5. The van der Waals surface area contributed by atoms with E-state index in [9.17, 15) is 10.1 Å². The minimum Gasteiger partial charge on any atom is -0.319 e. The highest BCUT2D eigenvalue weighted by Crippen LogP contribution is 2.56. The van der Waals surface area contributed by atoms with Crippen molar-refractivity contribution in [3.8, 4) is 0 Å². The minimum absolute atomic E-state index is 0.0126. The smallest absolute Gasteiger partial charge is 0.313 e. The van der Waals surface area contributed by atoms with E-state index in [4.69, 9.17) is 19.0 Å². The maximum atomic E-state index is 11.4. The molecule has 0 spiro atoms. The van der Waals surface area contributed by atoms with E-state index >= 15 is 0 Å². The zero-order chi connectivity index (χ0) is 30.4. The summed E-state index contributed by atoms with van der Waals surface area (Å²) in [5.41, 5.74) is 3.64. The van der Waals surface area contributed by atoms with Crippen molar-refractivity contribution in [1.29, 1.82) is 0 Å². The Balaban J connectivity index is 1.64.